The van der Waals surface area contributed by atoms with Gasteiger partial charge in [-0.05, 0) is 18.2 Å². The third-order valence-electron chi connectivity index (χ3n) is 3.05. The fraction of sp³-hybridized carbons (Fsp3) is 0.200. The second kappa shape index (κ2) is 6.16. The Kier molecular flexibility index (Phi) is 3.89. The molecule has 0 aliphatic carbocycles. The van der Waals surface area contributed by atoms with Gasteiger partial charge in [0.25, 0.3) is 0 Å². The van der Waals surface area contributed by atoms with Crippen LogP contribution < -0.4 is 10.6 Å². The molecule has 0 atom stereocenters. The zero-order valence-corrected chi connectivity index (χ0v) is 11.1. The average molecular weight is 267 g/mol. The predicted octanol–water partition coefficient (Wildman–Crippen LogP) is 2.16. The van der Waals surface area contributed by atoms with Crippen LogP contribution >= 0.6 is 0 Å². The monoisotopic (exact) mass is 267 g/mol. The number of rotatable bonds is 6. The Labute approximate surface area is 117 Å². The Hall–Kier alpha value is -2.40. The van der Waals surface area contributed by atoms with Crippen LogP contribution in [-0.2, 0) is 6.54 Å². The number of aromatic amines is 1. The van der Waals surface area contributed by atoms with Crippen LogP contribution in [0.4, 0.5) is 5.82 Å². The zero-order chi connectivity index (χ0) is 13.6. The summed E-state index contributed by atoms with van der Waals surface area (Å²) >= 11 is 0. The Balaban J connectivity index is 1.47. The lowest BCUT2D eigenvalue weighted by Crippen LogP contribution is -2.22. The van der Waals surface area contributed by atoms with E-state index >= 15 is 0 Å². The minimum absolute atomic E-state index is 0.750. The summed E-state index contributed by atoms with van der Waals surface area (Å²) in [5.74, 6) is 1.86. The molecule has 3 aromatic rings. The fourth-order valence-corrected chi connectivity index (χ4v) is 2.04. The number of H-pyrrole nitrogens is 1. The van der Waals surface area contributed by atoms with Gasteiger partial charge in [-0.15, -0.1) is 0 Å². The highest BCUT2D eigenvalue weighted by Crippen LogP contribution is 2.13. The van der Waals surface area contributed by atoms with Gasteiger partial charge < -0.3 is 15.6 Å². The molecule has 0 radical (unpaired) electrons. The van der Waals surface area contributed by atoms with Gasteiger partial charge in [0.2, 0.25) is 0 Å². The summed E-state index contributed by atoms with van der Waals surface area (Å²) in [6.45, 7) is 2.43. The van der Waals surface area contributed by atoms with E-state index in [1.807, 2.05) is 30.5 Å². The van der Waals surface area contributed by atoms with E-state index in [0.717, 1.165) is 42.2 Å². The molecule has 0 spiro atoms. The molecule has 0 saturated heterocycles. The smallest absolute Gasteiger partial charge is 0.126 e. The molecule has 0 aliphatic heterocycles. The highest BCUT2D eigenvalue weighted by molar-refractivity contribution is 5.79. The van der Waals surface area contributed by atoms with Crippen LogP contribution in [0.15, 0.2) is 48.8 Å². The number of nitrogens with one attached hydrogen (secondary N) is 3. The minimum atomic E-state index is 0.750. The quantitative estimate of drug-likeness (QED) is 0.599. The molecule has 2 heterocycles. The third-order valence-corrected chi connectivity index (χ3v) is 3.05. The topological polar surface area (TPSA) is 65.6 Å². The molecular formula is C15H17N5. The lowest BCUT2D eigenvalue weighted by Gasteiger charge is -2.07. The molecule has 3 N–H and O–H groups in total. The third kappa shape index (κ3) is 3.13. The second-order valence-electron chi connectivity index (χ2n) is 4.53. The summed E-state index contributed by atoms with van der Waals surface area (Å²) in [6, 6.07) is 12.2. The first-order valence-corrected chi connectivity index (χ1v) is 6.70. The molecule has 0 bridgehead atoms. The molecular weight excluding hydrogens is 250 g/mol. The van der Waals surface area contributed by atoms with Crippen molar-refractivity contribution in [2.24, 2.45) is 0 Å². The van der Waals surface area contributed by atoms with Gasteiger partial charge in [0, 0.05) is 30.9 Å². The molecule has 2 aromatic heterocycles. The number of imidazole rings is 1. The van der Waals surface area contributed by atoms with E-state index in [1.54, 1.807) is 6.20 Å². The van der Waals surface area contributed by atoms with Crippen LogP contribution in [0.2, 0.25) is 0 Å². The number of fused-ring (bicyclic) bond motifs is 1. The number of anilines is 1. The van der Waals surface area contributed by atoms with Gasteiger partial charge >= 0.3 is 0 Å². The maximum atomic E-state index is 4.57. The van der Waals surface area contributed by atoms with E-state index < -0.39 is 0 Å². The molecule has 5 nitrogen and oxygen atoms in total. The molecule has 102 valence electrons. The second-order valence-corrected chi connectivity index (χ2v) is 4.53. The Morgan fingerprint density at radius 1 is 1.05 bits per heavy atom. The lowest BCUT2D eigenvalue weighted by atomic mass is 10.2. The number of nitrogens with zero attached hydrogens (tertiary/aromatic N) is 2. The van der Waals surface area contributed by atoms with Crippen LogP contribution in [-0.4, -0.2) is 28.0 Å². The molecule has 3 rings (SSSR count). The van der Waals surface area contributed by atoms with E-state index in [1.165, 1.54) is 0 Å². The SMILES string of the molecule is c1ccc2nc(NCCNCc3ncc[nH]3)ccc2c1. The van der Waals surface area contributed by atoms with Crippen LogP contribution in [0.25, 0.3) is 10.9 Å². The summed E-state index contributed by atoms with van der Waals surface area (Å²) in [4.78, 5) is 11.8. The number of aromatic nitrogens is 3. The molecule has 0 unspecified atom stereocenters. The van der Waals surface area contributed by atoms with Gasteiger partial charge in [-0.25, -0.2) is 9.97 Å². The van der Waals surface area contributed by atoms with Crippen molar-refractivity contribution < 1.29 is 0 Å². The van der Waals surface area contributed by atoms with Crippen molar-refractivity contribution >= 4 is 16.7 Å². The standard InChI is InChI=1S/C15H17N5/c1-2-4-13-12(3-1)5-6-14(20-13)17-8-7-16-11-15-18-9-10-19-15/h1-6,9-10,16H,7-8,11H2,(H,17,20)(H,18,19). The number of hydrogen-bond acceptors (Lipinski definition) is 4. The predicted molar refractivity (Wildman–Crippen MR) is 80.5 cm³/mol. The number of para-hydroxylation sites is 1. The summed E-state index contributed by atoms with van der Waals surface area (Å²) in [6.07, 6.45) is 3.59. The van der Waals surface area contributed by atoms with E-state index in [9.17, 15) is 0 Å². The summed E-state index contributed by atoms with van der Waals surface area (Å²) < 4.78 is 0. The summed E-state index contributed by atoms with van der Waals surface area (Å²) in [5, 5.41) is 7.78. The first kappa shape index (κ1) is 12.6. The summed E-state index contributed by atoms with van der Waals surface area (Å²) in [5.41, 5.74) is 1.01. The van der Waals surface area contributed by atoms with E-state index in [2.05, 4.69) is 37.7 Å². The molecule has 0 amide bonds. The highest BCUT2D eigenvalue weighted by atomic mass is 15.0. The van der Waals surface area contributed by atoms with Gasteiger partial charge in [0.15, 0.2) is 0 Å². The Morgan fingerprint density at radius 2 is 2.00 bits per heavy atom. The van der Waals surface area contributed by atoms with Crippen LogP contribution in [0, 0.1) is 0 Å². The molecule has 5 heteroatoms. The highest BCUT2D eigenvalue weighted by Gasteiger charge is 1.97. The maximum absolute atomic E-state index is 4.57. The average Bonchev–Trinajstić information content (AvgIpc) is 3.00. The fourth-order valence-electron chi connectivity index (χ4n) is 2.04. The molecule has 0 saturated carbocycles. The Morgan fingerprint density at radius 3 is 2.90 bits per heavy atom. The van der Waals surface area contributed by atoms with Crippen molar-refractivity contribution in [3.63, 3.8) is 0 Å². The largest absolute Gasteiger partial charge is 0.369 e. The van der Waals surface area contributed by atoms with Gasteiger partial charge in [-0.3, -0.25) is 0 Å². The van der Waals surface area contributed by atoms with Crippen molar-refractivity contribution in [1.29, 1.82) is 0 Å². The first-order valence-electron chi connectivity index (χ1n) is 6.70. The van der Waals surface area contributed by atoms with Crippen molar-refractivity contribution in [2.75, 3.05) is 18.4 Å². The van der Waals surface area contributed by atoms with Gasteiger partial charge in [0.05, 0.1) is 12.1 Å². The van der Waals surface area contributed by atoms with Crippen molar-refractivity contribution in [3.05, 3.63) is 54.6 Å². The first-order chi connectivity index (χ1) is 9.92. The lowest BCUT2D eigenvalue weighted by molar-refractivity contribution is 0.681. The maximum Gasteiger partial charge on any atom is 0.126 e. The van der Waals surface area contributed by atoms with Gasteiger partial charge in [0.1, 0.15) is 11.6 Å². The zero-order valence-electron chi connectivity index (χ0n) is 11.1. The molecule has 20 heavy (non-hydrogen) atoms. The number of hydrogen-bond donors (Lipinski definition) is 3. The van der Waals surface area contributed by atoms with Crippen molar-refractivity contribution in [1.82, 2.24) is 20.3 Å². The van der Waals surface area contributed by atoms with Crippen LogP contribution in [0.5, 0.6) is 0 Å². The van der Waals surface area contributed by atoms with Crippen LogP contribution in [0.3, 0.4) is 0 Å². The summed E-state index contributed by atoms with van der Waals surface area (Å²) in [7, 11) is 0. The molecule has 1 aromatic carbocycles. The minimum Gasteiger partial charge on any atom is -0.369 e. The van der Waals surface area contributed by atoms with E-state index in [0.29, 0.717) is 0 Å². The molecule has 0 aliphatic rings. The number of pyridine rings is 1. The van der Waals surface area contributed by atoms with E-state index in [4.69, 9.17) is 0 Å². The van der Waals surface area contributed by atoms with Crippen molar-refractivity contribution in [3.8, 4) is 0 Å². The normalized spacial score (nSPS) is 10.8. The van der Waals surface area contributed by atoms with E-state index in [-0.39, 0.29) is 0 Å². The van der Waals surface area contributed by atoms with Crippen LogP contribution in [0.1, 0.15) is 5.82 Å². The Bertz CT molecular complexity index is 663. The van der Waals surface area contributed by atoms with Crippen molar-refractivity contribution in [2.45, 2.75) is 6.54 Å². The number of benzene rings is 1. The van der Waals surface area contributed by atoms with Gasteiger partial charge in [-0.1, -0.05) is 18.2 Å². The van der Waals surface area contributed by atoms with Gasteiger partial charge in [-0.2, -0.15) is 0 Å². The molecule has 0 fully saturated rings.